The van der Waals surface area contributed by atoms with E-state index >= 15 is 0 Å². The van der Waals surface area contributed by atoms with Crippen molar-refractivity contribution in [2.45, 2.75) is 13.1 Å². The maximum absolute atomic E-state index is 12.8. The van der Waals surface area contributed by atoms with E-state index in [-0.39, 0.29) is 22.8 Å². The summed E-state index contributed by atoms with van der Waals surface area (Å²) in [6, 6.07) is 2.98. The molecule has 0 aliphatic carbocycles. The molecule has 0 bridgehead atoms. The van der Waals surface area contributed by atoms with Gasteiger partial charge in [-0.1, -0.05) is 0 Å². The lowest BCUT2D eigenvalue weighted by molar-refractivity contribution is -0.141. The summed E-state index contributed by atoms with van der Waals surface area (Å²) in [6.45, 7) is 1.24. The second kappa shape index (κ2) is 5.66. The quantitative estimate of drug-likeness (QED) is 0.944. The predicted molar refractivity (Wildman–Crippen MR) is 71.7 cm³/mol. The zero-order valence-electron chi connectivity index (χ0n) is 12.0. The molecule has 0 aromatic carbocycles. The Morgan fingerprint density at radius 2 is 2.09 bits per heavy atom. The third kappa shape index (κ3) is 2.87. The summed E-state index contributed by atoms with van der Waals surface area (Å²) in [5, 5.41) is 5.80. The second-order valence-electron chi connectivity index (χ2n) is 4.46. The number of nitrogens with zero attached hydrogens (tertiary/aromatic N) is 3. The van der Waals surface area contributed by atoms with Crippen molar-refractivity contribution < 1.29 is 22.7 Å². The van der Waals surface area contributed by atoms with Crippen LogP contribution in [0.3, 0.4) is 0 Å². The normalized spacial score (nSPS) is 11.4. The van der Waals surface area contributed by atoms with Crippen LogP contribution in [0.15, 0.2) is 18.3 Å². The maximum Gasteiger partial charge on any atom is 0.435 e. The van der Waals surface area contributed by atoms with Gasteiger partial charge in [0.05, 0.1) is 7.11 Å². The Hall–Kier alpha value is -2.58. The van der Waals surface area contributed by atoms with Gasteiger partial charge in [0, 0.05) is 18.8 Å². The average molecular weight is 314 g/mol. The van der Waals surface area contributed by atoms with Gasteiger partial charge in [-0.2, -0.15) is 18.3 Å². The van der Waals surface area contributed by atoms with Gasteiger partial charge >= 0.3 is 6.18 Å². The third-order valence-corrected chi connectivity index (χ3v) is 2.99. The number of rotatable bonds is 3. The summed E-state index contributed by atoms with van der Waals surface area (Å²) in [7, 11) is 2.66. The van der Waals surface area contributed by atoms with Crippen molar-refractivity contribution >= 4 is 11.7 Å². The van der Waals surface area contributed by atoms with Crippen LogP contribution in [0.1, 0.15) is 21.6 Å². The van der Waals surface area contributed by atoms with Crippen LogP contribution in [0.5, 0.6) is 5.88 Å². The van der Waals surface area contributed by atoms with Crippen LogP contribution >= 0.6 is 0 Å². The van der Waals surface area contributed by atoms with Crippen molar-refractivity contribution in [1.82, 2.24) is 14.8 Å². The molecule has 2 rings (SSSR count). The number of amides is 1. The van der Waals surface area contributed by atoms with E-state index in [1.54, 1.807) is 0 Å². The smallest absolute Gasteiger partial charge is 0.435 e. The highest BCUT2D eigenvalue weighted by Crippen LogP contribution is 2.33. The van der Waals surface area contributed by atoms with Crippen LogP contribution in [-0.4, -0.2) is 27.8 Å². The van der Waals surface area contributed by atoms with Crippen molar-refractivity contribution in [3.05, 3.63) is 35.2 Å². The highest BCUT2D eigenvalue weighted by Gasteiger charge is 2.37. The van der Waals surface area contributed by atoms with E-state index in [0.717, 1.165) is 4.68 Å². The topological polar surface area (TPSA) is 69.0 Å². The standard InChI is InChI=1S/C13H13F3N4O2/c1-7-9(13(14,15)16)19-20(2)10(7)18-11(21)8-5-4-6-17-12(8)22-3/h4-6H,1-3H3,(H,18,21). The van der Waals surface area contributed by atoms with Gasteiger partial charge in [-0.3, -0.25) is 9.48 Å². The molecule has 1 N–H and O–H groups in total. The number of hydrogen-bond acceptors (Lipinski definition) is 4. The maximum atomic E-state index is 12.8. The van der Waals surface area contributed by atoms with E-state index in [4.69, 9.17) is 4.74 Å². The van der Waals surface area contributed by atoms with Gasteiger partial charge in [-0.05, 0) is 19.1 Å². The molecular weight excluding hydrogens is 301 g/mol. The Morgan fingerprint density at radius 3 is 2.64 bits per heavy atom. The van der Waals surface area contributed by atoms with Crippen molar-refractivity contribution in [3.8, 4) is 5.88 Å². The van der Waals surface area contributed by atoms with Crippen LogP contribution in [0, 0.1) is 6.92 Å². The molecule has 6 nitrogen and oxygen atoms in total. The van der Waals surface area contributed by atoms with Crippen LogP contribution in [0.25, 0.3) is 0 Å². The number of hydrogen-bond donors (Lipinski definition) is 1. The fourth-order valence-electron chi connectivity index (χ4n) is 1.97. The lowest BCUT2D eigenvalue weighted by Gasteiger charge is -2.09. The van der Waals surface area contributed by atoms with Crippen LogP contribution < -0.4 is 10.1 Å². The number of carbonyl (C=O) groups excluding carboxylic acids is 1. The van der Waals surface area contributed by atoms with E-state index in [1.165, 1.54) is 39.4 Å². The number of carbonyl (C=O) groups is 1. The minimum Gasteiger partial charge on any atom is -0.480 e. The number of methoxy groups -OCH3 is 1. The molecular formula is C13H13F3N4O2. The molecule has 2 aromatic rings. The van der Waals surface area contributed by atoms with Gasteiger partial charge in [0.15, 0.2) is 5.69 Å². The van der Waals surface area contributed by atoms with E-state index in [0.29, 0.717) is 0 Å². The van der Waals surface area contributed by atoms with Crippen LogP contribution in [0.4, 0.5) is 19.0 Å². The summed E-state index contributed by atoms with van der Waals surface area (Å²) in [6.07, 6.45) is -3.15. The molecule has 0 radical (unpaired) electrons. The van der Waals surface area contributed by atoms with Crippen molar-refractivity contribution in [1.29, 1.82) is 0 Å². The molecule has 118 valence electrons. The fourth-order valence-corrected chi connectivity index (χ4v) is 1.97. The van der Waals surface area contributed by atoms with Gasteiger partial charge in [0.25, 0.3) is 5.91 Å². The first-order valence-corrected chi connectivity index (χ1v) is 6.17. The first kappa shape index (κ1) is 15.8. The Bertz CT molecular complexity index is 710. The molecule has 0 saturated heterocycles. The number of alkyl halides is 3. The first-order chi connectivity index (χ1) is 10.3. The van der Waals surface area contributed by atoms with Crippen molar-refractivity contribution in [3.63, 3.8) is 0 Å². The summed E-state index contributed by atoms with van der Waals surface area (Å²) in [5.41, 5.74) is -1.09. The minimum atomic E-state index is -4.59. The molecule has 0 spiro atoms. The highest BCUT2D eigenvalue weighted by molar-refractivity contribution is 6.05. The number of pyridine rings is 1. The summed E-state index contributed by atoms with van der Waals surface area (Å²) >= 11 is 0. The minimum absolute atomic E-state index is 0.0387. The molecule has 22 heavy (non-hydrogen) atoms. The number of anilines is 1. The molecule has 2 heterocycles. The molecule has 2 aromatic heterocycles. The van der Waals surface area contributed by atoms with Gasteiger partial charge in [-0.15, -0.1) is 0 Å². The molecule has 9 heteroatoms. The molecule has 0 aliphatic heterocycles. The Labute approximate surface area is 123 Å². The number of nitrogens with one attached hydrogen (secondary N) is 1. The fraction of sp³-hybridized carbons (Fsp3) is 0.308. The van der Waals surface area contributed by atoms with Gasteiger partial charge < -0.3 is 10.1 Å². The van der Waals surface area contributed by atoms with Crippen LogP contribution in [-0.2, 0) is 13.2 Å². The van der Waals surface area contributed by atoms with Crippen molar-refractivity contribution in [2.24, 2.45) is 7.05 Å². The van der Waals surface area contributed by atoms with Crippen molar-refractivity contribution in [2.75, 3.05) is 12.4 Å². The Morgan fingerprint density at radius 1 is 1.41 bits per heavy atom. The molecule has 0 aliphatic rings. The largest absolute Gasteiger partial charge is 0.480 e. The number of aromatic nitrogens is 3. The molecule has 0 saturated carbocycles. The highest BCUT2D eigenvalue weighted by atomic mass is 19.4. The van der Waals surface area contributed by atoms with E-state index in [1.807, 2.05) is 0 Å². The predicted octanol–water partition coefficient (Wildman–Crippen LogP) is 2.40. The Kier molecular flexibility index (Phi) is 4.07. The zero-order valence-corrected chi connectivity index (χ0v) is 12.0. The monoisotopic (exact) mass is 314 g/mol. The lowest BCUT2D eigenvalue weighted by atomic mass is 10.2. The van der Waals surface area contributed by atoms with E-state index in [2.05, 4.69) is 15.4 Å². The molecule has 0 fully saturated rings. The third-order valence-electron chi connectivity index (χ3n) is 2.99. The van der Waals surface area contributed by atoms with Gasteiger partial charge in [0.1, 0.15) is 11.4 Å². The van der Waals surface area contributed by atoms with Gasteiger partial charge in [0.2, 0.25) is 5.88 Å². The summed E-state index contributed by atoms with van der Waals surface area (Å²) < 4.78 is 44.3. The molecule has 0 unspecified atom stereocenters. The average Bonchev–Trinajstić information content (AvgIpc) is 2.75. The molecule has 1 amide bonds. The van der Waals surface area contributed by atoms with E-state index < -0.39 is 17.8 Å². The zero-order chi connectivity index (χ0) is 16.5. The van der Waals surface area contributed by atoms with Gasteiger partial charge in [-0.25, -0.2) is 4.98 Å². The SMILES string of the molecule is COc1ncccc1C(=O)Nc1c(C)c(C(F)(F)F)nn1C. The summed E-state index contributed by atoms with van der Waals surface area (Å²) in [5.74, 6) is -0.594. The van der Waals surface area contributed by atoms with Crippen LogP contribution in [0.2, 0.25) is 0 Å². The summed E-state index contributed by atoms with van der Waals surface area (Å²) in [4.78, 5) is 16.1. The number of halogens is 3. The molecule has 0 atom stereocenters. The first-order valence-electron chi connectivity index (χ1n) is 6.17. The Balaban J connectivity index is 2.35. The number of aryl methyl sites for hydroxylation is 1. The van der Waals surface area contributed by atoms with E-state index in [9.17, 15) is 18.0 Å². The lowest BCUT2D eigenvalue weighted by Crippen LogP contribution is -2.16. The number of ether oxygens (including phenoxy) is 1. The second-order valence-corrected chi connectivity index (χ2v) is 4.46.